The molecule has 0 aromatic carbocycles. The highest BCUT2D eigenvalue weighted by Crippen LogP contribution is 2.32. The number of pyridine rings is 1. The summed E-state index contributed by atoms with van der Waals surface area (Å²) in [5.41, 5.74) is 6.72. The van der Waals surface area contributed by atoms with Gasteiger partial charge in [-0.25, -0.2) is 0 Å². The van der Waals surface area contributed by atoms with Crippen molar-refractivity contribution in [1.29, 1.82) is 0 Å². The minimum Gasteiger partial charge on any atom is -0.304 e. The van der Waals surface area contributed by atoms with Crippen molar-refractivity contribution in [3.8, 4) is 0 Å². The van der Waals surface area contributed by atoms with Crippen LogP contribution in [0.4, 0.5) is 0 Å². The van der Waals surface area contributed by atoms with E-state index in [4.69, 9.17) is 4.98 Å². The highest BCUT2D eigenvalue weighted by atomic mass is 31.1. The van der Waals surface area contributed by atoms with Crippen molar-refractivity contribution in [2.24, 2.45) is 0 Å². The molecule has 0 atom stereocenters. The van der Waals surface area contributed by atoms with Crippen LogP contribution in [-0.4, -0.2) is 37.3 Å². The minimum absolute atomic E-state index is 0.0762. The summed E-state index contributed by atoms with van der Waals surface area (Å²) in [5.74, 6) is 0. The van der Waals surface area contributed by atoms with Crippen LogP contribution in [0.2, 0.25) is 0 Å². The predicted octanol–water partition coefficient (Wildman–Crippen LogP) is 3.31. The summed E-state index contributed by atoms with van der Waals surface area (Å²) in [6.07, 6.45) is 1.14. The van der Waals surface area contributed by atoms with Crippen molar-refractivity contribution in [1.82, 2.24) is 9.88 Å². The van der Waals surface area contributed by atoms with E-state index < -0.39 is 0 Å². The zero-order chi connectivity index (χ0) is 13.2. The van der Waals surface area contributed by atoms with Gasteiger partial charge in [0.15, 0.2) is 0 Å². The van der Waals surface area contributed by atoms with E-state index in [1.165, 1.54) is 28.1 Å². The molecule has 3 heteroatoms. The fourth-order valence-electron chi connectivity index (χ4n) is 1.95. The third-order valence-corrected chi connectivity index (χ3v) is 4.12. The first-order chi connectivity index (χ1) is 7.82. The van der Waals surface area contributed by atoms with Crippen LogP contribution in [-0.2, 0) is 12.7 Å². The summed E-state index contributed by atoms with van der Waals surface area (Å²) in [7, 11) is 4.28. The van der Waals surface area contributed by atoms with Crippen LogP contribution in [0.5, 0.6) is 0 Å². The molecular formula is C14H25N2P. The summed E-state index contributed by atoms with van der Waals surface area (Å²) in [4.78, 5) is 7.08. The Kier molecular flexibility index (Phi) is 5.09. The molecule has 0 saturated heterocycles. The Balaban J connectivity index is 3.19. The number of hydrogen-bond acceptors (Lipinski definition) is 2. The first kappa shape index (κ1) is 14.6. The van der Waals surface area contributed by atoms with E-state index >= 15 is 0 Å². The van der Waals surface area contributed by atoms with Crippen LogP contribution in [0.1, 0.15) is 28.1 Å². The van der Waals surface area contributed by atoms with E-state index in [0.717, 1.165) is 12.7 Å². The van der Waals surface area contributed by atoms with Gasteiger partial charge in [0, 0.05) is 18.4 Å². The lowest BCUT2D eigenvalue weighted by atomic mass is 10.0. The monoisotopic (exact) mass is 252 g/mol. The van der Waals surface area contributed by atoms with Crippen molar-refractivity contribution in [3.05, 3.63) is 28.1 Å². The SMILES string of the molecule is Cc1c(CN(C)C)nc(CP(C)C)c(C)c1C. The third-order valence-electron chi connectivity index (χ3n) is 3.19. The van der Waals surface area contributed by atoms with Gasteiger partial charge in [-0.15, -0.1) is 7.92 Å². The molecule has 2 nitrogen and oxygen atoms in total. The average molecular weight is 252 g/mol. The second-order valence-electron chi connectivity index (χ2n) is 5.36. The Morgan fingerprint density at radius 1 is 0.941 bits per heavy atom. The quantitative estimate of drug-likeness (QED) is 0.764. The standard InChI is InChI=1S/C14H25N2P/c1-10-11(2)13(8-16(4)5)15-14(12(10)3)9-17(6)7/h8-9H2,1-7H3. The molecule has 0 radical (unpaired) electrons. The van der Waals surface area contributed by atoms with Gasteiger partial charge in [0.05, 0.1) is 5.69 Å². The minimum atomic E-state index is 0.0762. The molecule has 0 spiro atoms. The second-order valence-corrected chi connectivity index (χ2v) is 7.83. The molecule has 0 saturated carbocycles. The second kappa shape index (κ2) is 5.93. The van der Waals surface area contributed by atoms with Gasteiger partial charge in [0.25, 0.3) is 0 Å². The predicted molar refractivity (Wildman–Crippen MR) is 78.3 cm³/mol. The molecule has 0 bridgehead atoms. The summed E-state index contributed by atoms with van der Waals surface area (Å²) >= 11 is 0. The van der Waals surface area contributed by atoms with Gasteiger partial charge in [0.1, 0.15) is 0 Å². The normalized spacial score (nSPS) is 11.6. The molecule has 1 aromatic rings. The van der Waals surface area contributed by atoms with Crippen molar-refractivity contribution in [2.75, 3.05) is 27.4 Å². The molecule has 0 aliphatic rings. The largest absolute Gasteiger partial charge is 0.304 e. The summed E-state index contributed by atoms with van der Waals surface area (Å²) in [5, 5.41) is 0. The molecule has 1 rings (SSSR count). The Morgan fingerprint density at radius 2 is 1.47 bits per heavy atom. The lowest BCUT2D eigenvalue weighted by molar-refractivity contribution is 0.395. The average Bonchev–Trinajstić information content (AvgIpc) is 2.20. The molecule has 1 heterocycles. The van der Waals surface area contributed by atoms with Crippen molar-refractivity contribution in [3.63, 3.8) is 0 Å². The van der Waals surface area contributed by atoms with Crippen molar-refractivity contribution in [2.45, 2.75) is 33.5 Å². The number of rotatable bonds is 4. The first-order valence-electron chi connectivity index (χ1n) is 6.08. The van der Waals surface area contributed by atoms with Crippen LogP contribution in [0.25, 0.3) is 0 Å². The van der Waals surface area contributed by atoms with Crippen LogP contribution in [0.15, 0.2) is 0 Å². The number of nitrogens with zero attached hydrogens (tertiary/aromatic N) is 2. The van der Waals surface area contributed by atoms with Crippen molar-refractivity contribution < 1.29 is 0 Å². The Labute approximate surface area is 107 Å². The van der Waals surface area contributed by atoms with Gasteiger partial charge >= 0.3 is 0 Å². The lowest BCUT2D eigenvalue weighted by Gasteiger charge is -2.18. The van der Waals surface area contributed by atoms with Gasteiger partial charge in [-0.1, -0.05) is 0 Å². The van der Waals surface area contributed by atoms with Crippen LogP contribution in [0.3, 0.4) is 0 Å². The van der Waals surface area contributed by atoms with Gasteiger partial charge in [-0.2, -0.15) is 0 Å². The number of aromatic nitrogens is 1. The van der Waals surface area contributed by atoms with Gasteiger partial charge in [-0.05, 0) is 64.9 Å². The van der Waals surface area contributed by atoms with E-state index in [1.54, 1.807) is 0 Å². The lowest BCUT2D eigenvalue weighted by Crippen LogP contribution is -2.15. The highest BCUT2D eigenvalue weighted by Gasteiger charge is 2.12. The summed E-state index contributed by atoms with van der Waals surface area (Å²) < 4.78 is 0. The Morgan fingerprint density at radius 3 is 1.94 bits per heavy atom. The maximum atomic E-state index is 4.89. The fourth-order valence-corrected chi connectivity index (χ4v) is 2.86. The van der Waals surface area contributed by atoms with Crippen LogP contribution >= 0.6 is 7.92 Å². The van der Waals surface area contributed by atoms with E-state index in [0.29, 0.717) is 0 Å². The van der Waals surface area contributed by atoms with Crippen LogP contribution in [0, 0.1) is 20.8 Å². The third kappa shape index (κ3) is 3.76. The van der Waals surface area contributed by atoms with E-state index in [2.05, 4.69) is 53.1 Å². The molecule has 0 unspecified atom stereocenters. The summed E-state index contributed by atoms with van der Waals surface area (Å²) in [6, 6.07) is 0. The number of hydrogen-bond donors (Lipinski definition) is 0. The Bertz CT molecular complexity index is 363. The molecular weight excluding hydrogens is 227 g/mol. The van der Waals surface area contributed by atoms with Crippen molar-refractivity contribution >= 4 is 7.92 Å². The first-order valence-corrected chi connectivity index (χ1v) is 8.50. The molecule has 96 valence electrons. The van der Waals surface area contributed by atoms with Gasteiger partial charge in [0.2, 0.25) is 0 Å². The summed E-state index contributed by atoms with van der Waals surface area (Å²) in [6.45, 7) is 12.2. The maximum Gasteiger partial charge on any atom is 0.0579 e. The van der Waals surface area contributed by atoms with E-state index in [9.17, 15) is 0 Å². The van der Waals surface area contributed by atoms with Gasteiger partial charge in [-0.3, -0.25) is 4.98 Å². The van der Waals surface area contributed by atoms with E-state index in [-0.39, 0.29) is 7.92 Å². The fraction of sp³-hybridized carbons (Fsp3) is 0.643. The highest BCUT2D eigenvalue weighted by molar-refractivity contribution is 7.55. The molecule has 0 N–H and O–H groups in total. The van der Waals surface area contributed by atoms with E-state index in [1.807, 2.05) is 0 Å². The topological polar surface area (TPSA) is 16.1 Å². The molecule has 0 aliphatic carbocycles. The zero-order valence-corrected chi connectivity index (χ0v) is 13.2. The molecule has 17 heavy (non-hydrogen) atoms. The van der Waals surface area contributed by atoms with Gasteiger partial charge < -0.3 is 4.90 Å². The molecule has 0 fully saturated rings. The molecule has 0 amide bonds. The smallest absolute Gasteiger partial charge is 0.0579 e. The zero-order valence-electron chi connectivity index (χ0n) is 12.3. The molecule has 0 aliphatic heterocycles. The van der Waals surface area contributed by atoms with Crippen LogP contribution < -0.4 is 0 Å². The maximum absolute atomic E-state index is 4.89. The Hall–Kier alpha value is -0.460. The molecule has 1 aromatic heterocycles.